The van der Waals surface area contributed by atoms with E-state index in [-0.39, 0.29) is 11.4 Å². The van der Waals surface area contributed by atoms with Gasteiger partial charge in [-0.25, -0.2) is 13.1 Å². The van der Waals surface area contributed by atoms with Crippen LogP contribution in [0.1, 0.15) is 40.5 Å². The van der Waals surface area contributed by atoms with Crippen molar-refractivity contribution in [3.63, 3.8) is 0 Å². The van der Waals surface area contributed by atoms with Crippen molar-refractivity contribution in [2.24, 2.45) is 5.92 Å². The summed E-state index contributed by atoms with van der Waals surface area (Å²) >= 11 is 0. The molecule has 0 aromatic rings. The van der Waals surface area contributed by atoms with Crippen molar-refractivity contribution < 1.29 is 13.2 Å². The van der Waals surface area contributed by atoms with Gasteiger partial charge < -0.3 is 9.64 Å². The summed E-state index contributed by atoms with van der Waals surface area (Å²) in [6.45, 7) is 11.9. The molecule has 0 spiro atoms. The maximum atomic E-state index is 12.0. The molecule has 0 unspecified atom stereocenters. The molecule has 6 heteroatoms. The molecule has 1 saturated heterocycles. The first kappa shape index (κ1) is 17.9. The lowest BCUT2D eigenvalue weighted by atomic mass is 10.1. The van der Waals surface area contributed by atoms with E-state index < -0.39 is 10.0 Å². The lowest BCUT2D eigenvalue weighted by molar-refractivity contribution is 0.0762. The fraction of sp³-hybridized carbons (Fsp3) is 1.00. The third kappa shape index (κ3) is 6.52. The standard InChI is InChI=1S/C14H30N2O3S/c1-12(2)9-16-10-14(11-16)20(17,18)15-7-5-6-8-19-13(3)4/h12-15H,5-11H2,1-4H3. The molecule has 0 aromatic carbocycles. The molecule has 120 valence electrons. The average molecular weight is 306 g/mol. The SMILES string of the molecule is CC(C)CN1CC(S(=O)(=O)NCCCCOC(C)C)C1. The van der Waals surface area contributed by atoms with Crippen LogP contribution in [-0.4, -0.2) is 57.5 Å². The smallest absolute Gasteiger partial charge is 0.217 e. The van der Waals surface area contributed by atoms with Gasteiger partial charge in [0.05, 0.1) is 6.10 Å². The average Bonchev–Trinajstić information content (AvgIpc) is 2.26. The Balaban J connectivity index is 2.11. The molecule has 0 radical (unpaired) electrons. The molecule has 1 N–H and O–H groups in total. The van der Waals surface area contributed by atoms with Crippen molar-refractivity contribution in [2.75, 3.05) is 32.8 Å². The fourth-order valence-electron chi connectivity index (χ4n) is 2.26. The molecular formula is C14H30N2O3S. The second-order valence-electron chi connectivity index (χ2n) is 6.30. The van der Waals surface area contributed by atoms with Gasteiger partial charge in [-0.05, 0) is 32.6 Å². The van der Waals surface area contributed by atoms with E-state index in [1.54, 1.807) is 0 Å². The van der Waals surface area contributed by atoms with Crippen molar-refractivity contribution >= 4 is 10.0 Å². The largest absolute Gasteiger partial charge is 0.379 e. The van der Waals surface area contributed by atoms with Gasteiger partial charge in [0.15, 0.2) is 0 Å². The third-order valence-electron chi connectivity index (χ3n) is 3.31. The second kappa shape index (κ2) is 8.32. The summed E-state index contributed by atoms with van der Waals surface area (Å²) in [6, 6.07) is 0. The van der Waals surface area contributed by atoms with Crippen LogP contribution >= 0.6 is 0 Å². The lowest BCUT2D eigenvalue weighted by Crippen LogP contribution is -2.58. The summed E-state index contributed by atoms with van der Waals surface area (Å²) < 4.78 is 32.2. The van der Waals surface area contributed by atoms with Crippen LogP contribution in [0.2, 0.25) is 0 Å². The molecule has 0 amide bonds. The summed E-state index contributed by atoms with van der Waals surface area (Å²) in [7, 11) is -3.13. The molecule has 1 rings (SSSR count). The zero-order chi connectivity index (χ0) is 15.2. The summed E-state index contributed by atoms with van der Waals surface area (Å²) in [5, 5.41) is -0.229. The maximum absolute atomic E-state index is 12.0. The fourth-order valence-corrected chi connectivity index (χ4v) is 3.74. The van der Waals surface area contributed by atoms with Crippen molar-refractivity contribution in [2.45, 2.75) is 51.9 Å². The van der Waals surface area contributed by atoms with E-state index in [4.69, 9.17) is 4.74 Å². The van der Waals surface area contributed by atoms with Crippen molar-refractivity contribution in [1.29, 1.82) is 0 Å². The Kier molecular flexibility index (Phi) is 7.43. The Morgan fingerprint density at radius 1 is 1.20 bits per heavy atom. The molecule has 0 atom stereocenters. The topological polar surface area (TPSA) is 58.6 Å². The zero-order valence-electron chi connectivity index (χ0n) is 13.3. The Hall–Kier alpha value is -0.170. The summed E-state index contributed by atoms with van der Waals surface area (Å²) in [5.41, 5.74) is 0. The summed E-state index contributed by atoms with van der Waals surface area (Å²) in [4.78, 5) is 2.20. The number of nitrogens with zero attached hydrogens (tertiary/aromatic N) is 1. The van der Waals surface area contributed by atoms with Crippen LogP contribution in [-0.2, 0) is 14.8 Å². The van der Waals surface area contributed by atoms with Crippen LogP contribution in [0.4, 0.5) is 0 Å². The summed E-state index contributed by atoms with van der Waals surface area (Å²) in [6.07, 6.45) is 1.97. The number of nitrogens with one attached hydrogen (secondary N) is 1. The number of likely N-dealkylation sites (tertiary alicyclic amines) is 1. The summed E-state index contributed by atoms with van der Waals surface area (Å²) in [5.74, 6) is 0.590. The zero-order valence-corrected chi connectivity index (χ0v) is 14.1. The molecule has 1 aliphatic rings. The minimum absolute atomic E-state index is 0.229. The van der Waals surface area contributed by atoms with E-state index in [0.717, 1.165) is 19.4 Å². The number of hydrogen-bond donors (Lipinski definition) is 1. The first-order valence-electron chi connectivity index (χ1n) is 7.63. The van der Waals surface area contributed by atoms with Crippen molar-refractivity contribution in [1.82, 2.24) is 9.62 Å². The van der Waals surface area contributed by atoms with Crippen LogP contribution in [0.25, 0.3) is 0 Å². The van der Waals surface area contributed by atoms with E-state index in [0.29, 0.717) is 32.2 Å². The normalized spacial score (nSPS) is 17.9. The predicted molar refractivity (Wildman–Crippen MR) is 82.3 cm³/mol. The molecule has 0 saturated carbocycles. The van der Waals surface area contributed by atoms with Crippen LogP contribution in [0.5, 0.6) is 0 Å². The van der Waals surface area contributed by atoms with Crippen molar-refractivity contribution in [3.8, 4) is 0 Å². The number of unbranched alkanes of at least 4 members (excludes halogenated alkanes) is 1. The molecule has 0 aliphatic carbocycles. The van der Waals surface area contributed by atoms with Crippen LogP contribution in [0.15, 0.2) is 0 Å². The highest BCUT2D eigenvalue weighted by Crippen LogP contribution is 2.16. The van der Waals surface area contributed by atoms with Crippen LogP contribution < -0.4 is 4.72 Å². The van der Waals surface area contributed by atoms with Gasteiger partial charge in [-0.15, -0.1) is 0 Å². The van der Waals surface area contributed by atoms with Gasteiger partial charge in [0.1, 0.15) is 5.25 Å². The first-order chi connectivity index (χ1) is 9.31. The molecule has 20 heavy (non-hydrogen) atoms. The molecule has 0 aromatic heterocycles. The lowest BCUT2D eigenvalue weighted by Gasteiger charge is -2.39. The van der Waals surface area contributed by atoms with Gasteiger partial charge in [-0.2, -0.15) is 0 Å². The molecule has 5 nitrogen and oxygen atoms in total. The van der Waals surface area contributed by atoms with E-state index in [1.807, 2.05) is 13.8 Å². The van der Waals surface area contributed by atoms with Gasteiger partial charge in [-0.1, -0.05) is 13.8 Å². The Bertz CT molecular complexity index is 363. The van der Waals surface area contributed by atoms with E-state index >= 15 is 0 Å². The number of ether oxygens (including phenoxy) is 1. The highest BCUT2D eigenvalue weighted by atomic mass is 32.2. The Morgan fingerprint density at radius 3 is 2.40 bits per heavy atom. The maximum Gasteiger partial charge on any atom is 0.217 e. The monoisotopic (exact) mass is 306 g/mol. The van der Waals surface area contributed by atoms with Crippen LogP contribution in [0.3, 0.4) is 0 Å². The molecular weight excluding hydrogens is 276 g/mol. The van der Waals surface area contributed by atoms with Gasteiger partial charge >= 0.3 is 0 Å². The van der Waals surface area contributed by atoms with Gasteiger partial charge in [0.2, 0.25) is 10.0 Å². The minimum atomic E-state index is -3.13. The number of rotatable bonds is 10. The Morgan fingerprint density at radius 2 is 1.85 bits per heavy atom. The third-order valence-corrected chi connectivity index (χ3v) is 5.09. The quantitative estimate of drug-likeness (QED) is 0.621. The van der Waals surface area contributed by atoms with E-state index in [9.17, 15) is 8.42 Å². The van der Waals surface area contributed by atoms with Crippen molar-refractivity contribution in [3.05, 3.63) is 0 Å². The Labute approximate surface area is 124 Å². The number of hydrogen-bond acceptors (Lipinski definition) is 4. The highest BCUT2D eigenvalue weighted by Gasteiger charge is 2.36. The predicted octanol–water partition coefficient (Wildman–Crippen LogP) is 1.45. The van der Waals surface area contributed by atoms with E-state index in [2.05, 4.69) is 23.5 Å². The molecule has 1 aliphatic heterocycles. The second-order valence-corrected chi connectivity index (χ2v) is 8.35. The molecule has 1 fully saturated rings. The number of sulfonamides is 1. The van der Waals surface area contributed by atoms with Gasteiger partial charge in [-0.3, -0.25) is 0 Å². The first-order valence-corrected chi connectivity index (χ1v) is 9.18. The van der Waals surface area contributed by atoms with E-state index in [1.165, 1.54) is 0 Å². The van der Waals surface area contributed by atoms with Gasteiger partial charge in [0, 0.05) is 32.8 Å². The highest BCUT2D eigenvalue weighted by molar-refractivity contribution is 7.90. The molecule has 0 bridgehead atoms. The molecule has 1 heterocycles. The van der Waals surface area contributed by atoms with Gasteiger partial charge in [0.25, 0.3) is 0 Å². The minimum Gasteiger partial charge on any atom is -0.379 e. The van der Waals surface area contributed by atoms with Crippen LogP contribution in [0, 0.1) is 5.92 Å².